The number of rotatable bonds is 7. The molecule has 1 amide bonds. The fourth-order valence-electron chi connectivity index (χ4n) is 3.99. The van der Waals surface area contributed by atoms with E-state index < -0.39 is 70.7 Å². The Kier molecular flexibility index (Phi) is 8.69. The summed E-state index contributed by atoms with van der Waals surface area (Å²) in [7, 11) is 0. The third kappa shape index (κ3) is 6.41. The number of aromatic nitrogens is 1. The normalized spacial score (nSPS) is 15.2. The van der Waals surface area contributed by atoms with Crippen LogP contribution in [0.3, 0.4) is 0 Å². The Morgan fingerprint density at radius 2 is 1.44 bits per heavy atom. The number of nitrogens with zero attached hydrogens (tertiary/aromatic N) is 1. The van der Waals surface area contributed by atoms with Crippen LogP contribution in [0.5, 0.6) is 0 Å². The van der Waals surface area contributed by atoms with Crippen LogP contribution in [0.1, 0.15) is 22.4 Å². The second-order valence-electron chi connectivity index (χ2n) is 8.81. The van der Waals surface area contributed by atoms with Crippen molar-refractivity contribution in [2.24, 2.45) is 0 Å². The molecule has 0 fully saturated rings. The van der Waals surface area contributed by atoms with Gasteiger partial charge in [-0.15, -0.1) is 0 Å². The van der Waals surface area contributed by atoms with Gasteiger partial charge in [0.1, 0.15) is 11.4 Å². The third-order valence-corrected chi connectivity index (χ3v) is 6.26. The van der Waals surface area contributed by atoms with Gasteiger partial charge in [-0.05, 0) is 41.5 Å². The Balaban J connectivity index is 2.35. The van der Waals surface area contributed by atoms with Gasteiger partial charge in [0.25, 0.3) is 11.5 Å². The van der Waals surface area contributed by atoms with E-state index >= 15 is 0 Å². The summed E-state index contributed by atoms with van der Waals surface area (Å²) in [6.07, 6.45) is -22.6. The monoisotopic (exact) mass is 618 g/mol. The van der Waals surface area contributed by atoms with Crippen LogP contribution < -0.4 is 5.32 Å². The number of aliphatic hydroxyl groups excluding tert-OH is 1. The first-order chi connectivity index (χ1) is 18.7. The van der Waals surface area contributed by atoms with E-state index in [0.717, 1.165) is 18.3 Å². The lowest BCUT2D eigenvalue weighted by atomic mass is 9.79. The first kappa shape index (κ1) is 32.1. The summed E-state index contributed by atoms with van der Waals surface area (Å²) >= 11 is 5.81. The van der Waals surface area contributed by atoms with Crippen LogP contribution in [0.4, 0.5) is 43.9 Å². The maximum absolute atomic E-state index is 14.6. The highest BCUT2D eigenvalue weighted by Crippen LogP contribution is 2.46. The summed E-state index contributed by atoms with van der Waals surface area (Å²) in [5, 5.41) is 21.2. The number of carbonyl (C=O) groups is 1. The Morgan fingerprint density at radius 3 is 1.93 bits per heavy atom. The molecule has 0 bridgehead atoms. The predicted octanol–water partition coefficient (Wildman–Crippen LogP) is 5.71. The van der Waals surface area contributed by atoms with Crippen LogP contribution in [-0.2, 0) is 22.9 Å². The molecule has 2 aromatic carbocycles. The molecule has 3 rings (SSSR count). The molecule has 0 aliphatic rings. The minimum absolute atomic E-state index is 0.0643. The third-order valence-electron chi connectivity index (χ3n) is 6.04. The number of carbonyl (C=O) groups excluding carboxylic acids is 1. The van der Waals surface area contributed by atoms with E-state index in [2.05, 4.69) is 4.98 Å². The van der Waals surface area contributed by atoms with Crippen molar-refractivity contribution in [1.29, 1.82) is 0 Å². The van der Waals surface area contributed by atoms with Crippen LogP contribution in [0, 0.1) is 5.82 Å². The lowest BCUT2D eigenvalue weighted by Gasteiger charge is -2.39. The predicted molar refractivity (Wildman–Crippen MR) is 123 cm³/mol. The van der Waals surface area contributed by atoms with E-state index in [4.69, 9.17) is 11.6 Å². The van der Waals surface area contributed by atoms with Gasteiger partial charge in [-0.2, -0.15) is 39.5 Å². The SMILES string of the molecule is O=C(N[C@@](Cc1ccccc1)(c1cc(F)cc(C(F)(F)F)c1)c1ccc(Cl)cn1)C(O)C(O)(C(F)(F)F)C(F)(F)F. The molecule has 0 aliphatic heterocycles. The van der Waals surface area contributed by atoms with E-state index in [1.54, 1.807) is 5.32 Å². The summed E-state index contributed by atoms with van der Waals surface area (Å²) < 4.78 is 136. The van der Waals surface area contributed by atoms with Crippen molar-refractivity contribution >= 4 is 17.5 Å². The van der Waals surface area contributed by atoms with E-state index in [9.17, 15) is 58.9 Å². The average molecular weight is 619 g/mol. The molecule has 16 heteroatoms. The number of halogens is 11. The molecular weight excluding hydrogens is 602 g/mol. The van der Waals surface area contributed by atoms with Crippen LogP contribution >= 0.6 is 11.6 Å². The number of alkyl halides is 9. The maximum atomic E-state index is 14.6. The lowest BCUT2D eigenvalue weighted by Crippen LogP contribution is -2.69. The average Bonchev–Trinajstić information content (AvgIpc) is 2.86. The highest BCUT2D eigenvalue weighted by molar-refractivity contribution is 6.30. The second-order valence-corrected chi connectivity index (χ2v) is 9.25. The van der Waals surface area contributed by atoms with Crippen LogP contribution in [0.25, 0.3) is 0 Å². The number of pyridine rings is 1. The molecule has 41 heavy (non-hydrogen) atoms. The molecule has 0 radical (unpaired) electrons. The lowest BCUT2D eigenvalue weighted by molar-refractivity contribution is -0.386. The molecule has 5 nitrogen and oxygen atoms in total. The molecule has 1 aromatic heterocycles. The number of hydrogen-bond acceptors (Lipinski definition) is 4. The Morgan fingerprint density at radius 1 is 0.878 bits per heavy atom. The highest BCUT2D eigenvalue weighted by Gasteiger charge is 2.76. The fourth-order valence-corrected chi connectivity index (χ4v) is 4.10. The van der Waals surface area contributed by atoms with Gasteiger partial charge in [0.05, 0.1) is 16.3 Å². The molecule has 1 heterocycles. The number of amides is 1. The van der Waals surface area contributed by atoms with Crippen LogP contribution in [0.2, 0.25) is 5.02 Å². The van der Waals surface area contributed by atoms with E-state index in [-0.39, 0.29) is 16.7 Å². The molecule has 0 aliphatic carbocycles. The Bertz CT molecular complexity index is 1370. The van der Waals surface area contributed by atoms with Gasteiger partial charge < -0.3 is 15.5 Å². The van der Waals surface area contributed by atoms with Crippen molar-refractivity contribution in [2.45, 2.75) is 42.2 Å². The van der Waals surface area contributed by atoms with Crippen molar-refractivity contribution in [3.63, 3.8) is 0 Å². The molecule has 0 spiro atoms. The van der Waals surface area contributed by atoms with Gasteiger partial charge in [0.2, 0.25) is 0 Å². The van der Waals surface area contributed by atoms with Gasteiger partial charge in [-0.1, -0.05) is 41.9 Å². The second kappa shape index (κ2) is 11.1. The molecule has 0 saturated heterocycles. The quantitative estimate of drug-likeness (QED) is 0.296. The largest absolute Gasteiger partial charge is 0.429 e. The minimum atomic E-state index is -6.65. The van der Waals surface area contributed by atoms with Crippen LogP contribution in [0.15, 0.2) is 66.9 Å². The Hall–Kier alpha value is -3.43. The maximum Gasteiger partial charge on any atom is 0.429 e. The first-order valence-electron chi connectivity index (χ1n) is 11.1. The van der Waals surface area contributed by atoms with Crippen LogP contribution in [-0.4, -0.2) is 45.2 Å². The number of nitrogens with one attached hydrogen (secondary N) is 1. The fraction of sp³-hybridized carbons (Fsp3) is 0.280. The van der Waals surface area contributed by atoms with Gasteiger partial charge in [0, 0.05) is 12.6 Å². The molecule has 3 N–H and O–H groups in total. The number of aliphatic hydroxyl groups is 2. The summed E-state index contributed by atoms with van der Waals surface area (Å²) in [5.41, 5.74) is -11.5. The Labute approximate surface area is 229 Å². The van der Waals surface area contributed by atoms with Gasteiger partial charge >= 0.3 is 18.5 Å². The van der Waals surface area contributed by atoms with Gasteiger partial charge in [-0.3, -0.25) is 9.78 Å². The standard InChI is InChI=1S/C25H17ClF10N2O3/c26-16-6-7-18(37-12-16)21(11-13-4-2-1-3-5-13,14-8-15(23(28,29)30)10-17(27)9-14)38-20(40)19(39)22(41,24(31,32)33)25(34,35)36/h1-10,12,19,39,41H,11H2,(H,38,40)/t19?,21-/m0/s1. The molecule has 3 aromatic rings. The molecule has 1 unspecified atom stereocenters. The minimum Gasteiger partial charge on any atom is -0.380 e. The highest BCUT2D eigenvalue weighted by atomic mass is 35.5. The first-order valence-corrected chi connectivity index (χ1v) is 11.5. The van der Waals surface area contributed by atoms with Crippen molar-refractivity contribution in [3.05, 3.63) is 100 Å². The number of hydrogen-bond donors (Lipinski definition) is 3. The molecule has 0 saturated carbocycles. The summed E-state index contributed by atoms with van der Waals surface area (Å²) in [4.78, 5) is 16.9. The van der Waals surface area contributed by atoms with Gasteiger partial charge in [-0.25, -0.2) is 4.39 Å². The van der Waals surface area contributed by atoms with E-state index in [1.165, 1.54) is 30.3 Å². The molecular formula is C25H17ClF10N2O3. The molecule has 2 atom stereocenters. The zero-order valence-corrected chi connectivity index (χ0v) is 20.8. The van der Waals surface area contributed by atoms with Crippen molar-refractivity contribution in [1.82, 2.24) is 10.3 Å². The zero-order chi connectivity index (χ0) is 31.0. The summed E-state index contributed by atoms with van der Waals surface area (Å²) in [6.45, 7) is 0. The summed E-state index contributed by atoms with van der Waals surface area (Å²) in [6, 6.07) is 9.83. The zero-order valence-electron chi connectivity index (χ0n) is 20.0. The smallest absolute Gasteiger partial charge is 0.380 e. The molecule has 222 valence electrons. The number of benzene rings is 2. The van der Waals surface area contributed by atoms with Crippen molar-refractivity contribution < 1.29 is 58.9 Å². The van der Waals surface area contributed by atoms with Crippen molar-refractivity contribution in [2.75, 3.05) is 0 Å². The summed E-state index contributed by atoms with van der Waals surface area (Å²) in [5.74, 6) is -4.06. The van der Waals surface area contributed by atoms with E-state index in [0.29, 0.717) is 12.1 Å². The van der Waals surface area contributed by atoms with Gasteiger partial charge in [0.15, 0.2) is 6.10 Å². The topological polar surface area (TPSA) is 82.5 Å². The van der Waals surface area contributed by atoms with E-state index in [1.807, 2.05) is 0 Å². The van der Waals surface area contributed by atoms with Crippen molar-refractivity contribution in [3.8, 4) is 0 Å².